The van der Waals surface area contributed by atoms with Crippen LogP contribution in [0.2, 0.25) is 0 Å². The standard InChI is InChI=1S/C12H20NO.ClHO4/c1-8-6-13(3,4)7-11-9(2)12(14)5-10(8)11;2-1(3,4)5/h5,8-9,11H,6-7H2,1-4H3;(H,2,3,4,5)/q+1;/p-1/t8-,9-,11-;/m0./s1. The van der Waals surface area contributed by atoms with Crippen LogP contribution in [0.15, 0.2) is 11.6 Å². The average Bonchev–Trinajstić information content (AvgIpc) is 2.41. The van der Waals surface area contributed by atoms with Gasteiger partial charge in [0.05, 0.1) is 27.2 Å². The molecule has 0 aromatic carbocycles. The molecule has 19 heavy (non-hydrogen) atoms. The number of rotatable bonds is 0. The summed E-state index contributed by atoms with van der Waals surface area (Å²) in [6.45, 7) is 6.63. The number of fused-ring (bicyclic) bond motifs is 1. The lowest BCUT2D eigenvalue weighted by atomic mass is 9.81. The van der Waals surface area contributed by atoms with Gasteiger partial charge in [-0.1, -0.05) is 13.8 Å². The molecule has 1 aliphatic carbocycles. The molecule has 110 valence electrons. The predicted octanol–water partition coefficient (Wildman–Crippen LogP) is -3.28. The lowest BCUT2D eigenvalue weighted by molar-refractivity contribution is -2.00. The van der Waals surface area contributed by atoms with Crippen LogP contribution in [0.4, 0.5) is 0 Å². The summed E-state index contributed by atoms with van der Waals surface area (Å²) in [5.74, 6) is 1.67. The first-order valence-electron chi connectivity index (χ1n) is 6.10. The zero-order chi connectivity index (χ0) is 15.0. The Morgan fingerprint density at radius 2 is 1.63 bits per heavy atom. The van der Waals surface area contributed by atoms with Gasteiger partial charge in [0.2, 0.25) is 0 Å². The summed E-state index contributed by atoms with van der Waals surface area (Å²) in [6.07, 6.45) is 1.92. The van der Waals surface area contributed by atoms with Crippen molar-refractivity contribution in [3.63, 3.8) is 0 Å². The maximum absolute atomic E-state index is 11.6. The van der Waals surface area contributed by atoms with E-state index in [2.05, 4.69) is 27.9 Å². The van der Waals surface area contributed by atoms with Crippen LogP contribution in [0.5, 0.6) is 0 Å². The van der Waals surface area contributed by atoms with Gasteiger partial charge in [0.1, 0.15) is 0 Å². The molecule has 2 aliphatic rings. The fraction of sp³-hybridized carbons (Fsp3) is 0.750. The fourth-order valence-electron chi connectivity index (χ4n) is 3.11. The number of allylic oxidation sites excluding steroid dienone is 1. The van der Waals surface area contributed by atoms with Gasteiger partial charge in [-0.25, -0.2) is 18.6 Å². The predicted molar refractivity (Wildman–Crippen MR) is 56.8 cm³/mol. The second-order valence-corrected chi connectivity index (χ2v) is 6.78. The number of ketones is 1. The van der Waals surface area contributed by atoms with Crippen LogP contribution in [0.3, 0.4) is 0 Å². The van der Waals surface area contributed by atoms with Crippen molar-refractivity contribution in [2.24, 2.45) is 17.8 Å². The maximum atomic E-state index is 11.6. The molecule has 7 heteroatoms. The van der Waals surface area contributed by atoms with Crippen LogP contribution in [0.1, 0.15) is 13.8 Å². The van der Waals surface area contributed by atoms with Gasteiger partial charge in [-0.3, -0.25) is 4.79 Å². The van der Waals surface area contributed by atoms with Crippen molar-refractivity contribution < 1.29 is 38.2 Å². The number of quaternary nitrogens is 1. The molecule has 1 fully saturated rings. The quantitative estimate of drug-likeness (QED) is 0.435. The Bertz CT molecular complexity index is 382. The third-order valence-electron chi connectivity index (χ3n) is 3.82. The first kappa shape index (κ1) is 16.6. The lowest BCUT2D eigenvalue weighted by Crippen LogP contribution is -2.68. The summed E-state index contributed by atoms with van der Waals surface area (Å²) in [4.78, 5) is 11.6. The lowest BCUT2D eigenvalue weighted by Gasteiger charge is -2.42. The highest BCUT2D eigenvalue weighted by Crippen LogP contribution is 2.39. The molecule has 0 aromatic rings. The second kappa shape index (κ2) is 5.47. The first-order valence-corrected chi connectivity index (χ1v) is 7.33. The van der Waals surface area contributed by atoms with E-state index in [-0.39, 0.29) is 5.92 Å². The summed E-state index contributed by atoms with van der Waals surface area (Å²) in [7, 11) is -0.411. The molecule has 0 unspecified atom stereocenters. The highest BCUT2D eigenvalue weighted by Gasteiger charge is 2.44. The fourth-order valence-corrected chi connectivity index (χ4v) is 3.11. The topological polar surface area (TPSA) is 109 Å². The largest absolute Gasteiger partial charge is 0.327 e. The summed E-state index contributed by atoms with van der Waals surface area (Å²) < 4.78 is 35.0. The number of nitrogens with zero attached hydrogens (tertiary/aromatic N) is 1. The van der Waals surface area contributed by atoms with Crippen molar-refractivity contribution in [1.82, 2.24) is 0 Å². The maximum Gasteiger partial charge on any atom is 0.159 e. The minimum Gasteiger partial charge on any atom is -0.327 e. The highest BCUT2D eigenvalue weighted by molar-refractivity contribution is 5.95. The number of carbonyl (C=O) groups excluding carboxylic acids is 1. The minimum atomic E-state index is -4.94. The number of carbonyl (C=O) groups is 1. The number of hydrogen-bond donors (Lipinski definition) is 0. The molecule has 0 radical (unpaired) electrons. The van der Waals surface area contributed by atoms with Crippen LogP contribution >= 0.6 is 0 Å². The van der Waals surface area contributed by atoms with Gasteiger partial charge in [-0.2, -0.15) is 0 Å². The number of halogens is 1. The molecule has 0 aromatic heterocycles. The van der Waals surface area contributed by atoms with E-state index in [4.69, 9.17) is 18.6 Å². The van der Waals surface area contributed by atoms with E-state index >= 15 is 0 Å². The van der Waals surface area contributed by atoms with Crippen LogP contribution in [-0.2, 0) is 4.79 Å². The van der Waals surface area contributed by atoms with Crippen molar-refractivity contribution in [2.45, 2.75) is 13.8 Å². The number of piperidine rings is 1. The molecule has 0 bridgehead atoms. The van der Waals surface area contributed by atoms with E-state index in [9.17, 15) is 4.79 Å². The van der Waals surface area contributed by atoms with Crippen LogP contribution < -0.4 is 18.6 Å². The van der Waals surface area contributed by atoms with Gasteiger partial charge in [-0.05, 0) is 11.6 Å². The molecule has 3 atom stereocenters. The summed E-state index contributed by atoms with van der Waals surface area (Å²) in [6, 6.07) is 0. The molecule has 2 rings (SSSR count). The van der Waals surface area contributed by atoms with Gasteiger partial charge < -0.3 is 4.48 Å². The van der Waals surface area contributed by atoms with E-state index in [0.717, 1.165) is 11.0 Å². The zero-order valence-corrected chi connectivity index (χ0v) is 12.3. The molecule has 0 spiro atoms. The molecule has 6 nitrogen and oxygen atoms in total. The third kappa shape index (κ3) is 4.83. The van der Waals surface area contributed by atoms with Crippen LogP contribution in [0.25, 0.3) is 0 Å². The van der Waals surface area contributed by atoms with E-state index in [1.807, 2.05) is 6.08 Å². The van der Waals surface area contributed by atoms with Gasteiger partial charge in [0.15, 0.2) is 5.78 Å². The minimum absolute atomic E-state index is 0.227. The second-order valence-electron chi connectivity index (χ2n) is 6.02. The van der Waals surface area contributed by atoms with Gasteiger partial charge in [-0.15, -0.1) is 10.2 Å². The molecular weight excluding hydrogens is 274 g/mol. The smallest absolute Gasteiger partial charge is 0.159 e. The Kier molecular flexibility index (Phi) is 4.77. The van der Waals surface area contributed by atoms with E-state index in [1.54, 1.807) is 0 Å². The zero-order valence-electron chi connectivity index (χ0n) is 11.6. The van der Waals surface area contributed by atoms with Crippen LogP contribution in [-0.4, -0.2) is 37.5 Å². The Morgan fingerprint density at radius 1 is 1.16 bits per heavy atom. The van der Waals surface area contributed by atoms with E-state index in [0.29, 0.717) is 17.6 Å². The van der Waals surface area contributed by atoms with Crippen molar-refractivity contribution >= 4 is 5.78 Å². The van der Waals surface area contributed by atoms with Gasteiger partial charge >= 0.3 is 0 Å². The molecule has 1 aliphatic heterocycles. The van der Waals surface area contributed by atoms with E-state index in [1.165, 1.54) is 12.1 Å². The molecule has 0 amide bonds. The van der Waals surface area contributed by atoms with Crippen molar-refractivity contribution in [2.75, 3.05) is 27.2 Å². The highest BCUT2D eigenvalue weighted by atomic mass is 35.7. The first-order chi connectivity index (χ1) is 8.41. The molecule has 0 N–H and O–H groups in total. The van der Waals surface area contributed by atoms with Crippen LogP contribution in [0, 0.1) is 28.0 Å². The Hall–Kier alpha value is -0.500. The molecular formula is C12H20ClNO5. The van der Waals surface area contributed by atoms with Crippen molar-refractivity contribution in [3.05, 3.63) is 11.6 Å². The summed E-state index contributed by atoms with van der Waals surface area (Å²) >= 11 is 0. The Labute approximate surface area is 115 Å². The third-order valence-corrected chi connectivity index (χ3v) is 3.82. The number of likely N-dealkylation sites (tertiary alicyclic amines) is 1. The molecule has 1 saturated heterocycles. The molecule has 0 saturated carbocycles. The van der Waals surface area contributed by atoms with Gasteiger partial charge in [0.25, 0.3) is 0 Å². The SMILES string of the molecule is C[C@@H]1C(=O)C=C2[C@H]1C[N+](C)(C)C[C@@H]2C.[O-][Cl+3]([O-])([O-])[O-]. The number of hydrogen-bond acceptors (Lipinski definition) is 5. The Balaban J connectivity index is 0.000000312. The van der Waals surface area contributed by atoms with Crippen molar-refractivity contribution in [1.29, 1.82) is 0 Å². The van der Waals surface area contributed by atoms with Crippen molar-refractivity contribution in [3.8, 4) is 0 Å². The monoisotopic (exact) mass is 293 g/mol. The van der Waals surface area contributed by atoms with Gasteiger partial charge in [0, 0.05) is 17.8 Å². The average molecular weight is 294 g/mol. The normalized spacial score (nSPS) is 33.2. The van der Waals surface area contributed by atoms with E-state index < -0.39 is 10.2 Å². The summed E-state index contributed by atoms with van der Waals surface area (Å²) in [5.41, 5.74) is 1.42. The Morgan fingerprint density at radius 3 is 2.11 bits per heavy atom. The summed E-state index contributed by atoms with van der Waals surface area (Å²) in [5, 5.41) is 0. The molecule has 1 heterocycles.